The highest BCUT2D eigenvalue weighted by Gasteiger charge is 2.27. The second-order valence-corrected chi connectivity index (χ2v) is 6.87. The van der Waals surface area contributed by atoms with Crippen molar-refractivity contribution in [2.45, 2.75) is 33.4 Å². The molecule has 2 aromatic rings. The quantitative estimate of drug-likeness (QED) is 0.413. The smallest absolute Gasteiger partial charge is 0.329 e. The van der Waals surface area contributed by atoms with Gasteiger partial charge >= 0.3 is 5.97 Å². The molecule has 0 radical (unpaired) electrons. The van der Waals surface area contributed by atoms with Gasteiger partial charge in [0.05, 0.1) is 12.0 Å². The average Bonchev–Trinajstić information content (AvgIpc) is 2.69. The zero-order valence-electron chi connectivity index (χ0n) is 16.8. The van der Waals surface area contributed by atoms with Crippen LogP contribution in [0, 0.1) is 23.0 Å². The van der Waals surface area contributed by atoms with Gasteiger partial charge in [0.2, 0.25) is 0 Å². The predicted molar refractivity (Wildman–Crippen MR) is 107 cm³/mol. The third-order valence-electron chi connectivity index (χ3n) is 4.44. The zero-order valence-corrected chi connectivity index (χ0v) is 16.8. The van der Waals surface area contributed by atoms with E-state index in [1.165, 1.54) is 25.3 Å². The predicted octanol–water partition coefficient (Wildman–Crippen LogP) is 3.41. The number of amides is 1. The Bertz CT molecular complexity index is 910. The number of hydrogen-bond acceptors (Lipinski definition) is 6. The van der Waals surface area contributed by atoms with Gasteiger partial charge in [-0.1, -0.05) is 32.0 Å². The van der Waals surface area contributed by atoms with Crippen molar-refractivity contribution < 1.29 is 24.0 Å². The van der Waals surface area contributed by atoms with Crippen LogP contribution in [-0.4, -0.2) is 30.0 Å². The topological polar surface area (TPSA) is 108 Å². The number of nitro groups is 1. The Kier molecular flexibility index (Phi) is 7.30. The number of ether oxygens (including phenoxy) is 2. The summed E-state index contributed by atoms with van der Waals surface area (Å²) in [6, 6.07) is 10.2. The molecule has 0 saturated carbocycles. The van der Waals surface area contributed by atoms with Gasteiger partial charge in [-0.15, -0.1) is 0 Å². The van der Waals surface area contributed by atoms with Gasteiger partial charge in [-0.05, 0) is 30.5 Å². The number of rotatable bonds is 8. The molecule has 29 heavy (non-hydrogen) atoms. The molecule has 8 heteroatoms. The molecule has 2 aromatic carbocycles. The summed E-state index contributed by atoms with van der Waals surface area (Å²) in [7, 11) is 1.42. The number of non-ortho nitro benzene ring substituents is 1. The molecule has 0 aliphatic heterocycles. The Hall–Kier alpha value is -3.42. The Morgan fingerprint density at radius 1 is 1.17 bits per heavy atom. The van der Waals surface area contributed by atoms with Crippen LogP contribution in [0.1, 0.15) is 35.3 Å². The van der Waals surface area contributed by atoms with Crippen molar-refractivity contribution >= 4 is 17.6 Å². The number of methoxy groups -OCH3 is 1. The molecule has 0 unspecified atom stereocenters. The summed E-state index contributed by atoms with van der Waals surface area (Å²) >= 11 is 0. The summed E-state index contributed by atoms with van der Waals surface area (Å²) in [6.45, 7) is 5.18. The Morgan fingerprint density at radius 2 is 1.86 bits per heavy atom. The van der Waals surface area contributed by atoms with Crippen molar-refractivity contribution in [1.82, 2.24) is 5.32 Å². The molecule has 2 rings (SSSR count). The molecule has 0 bridgehead atoms. The number of hydrogen-bond donors (Lipinski definition) is 1. The Labute approximate surface area is 169 Å². The van der Waals surface area contributed by atoms with Gasteiger partial charge in [0, 0.05) is 23.3 Å². The lowest BCUT2D eigenvalue weighted by Gasteiger charge is -2.21. The molecule has 1 atom stereocenters. The van der Waals surface area contributed by atoms with Crippen LogP contribution < -0.4 is 10.1 Å². The minimum atomic E-state index is -0.869. The van der Waals surface area contributed by atoms with Gasteiger partial charge in [-0.2, -0.15) is 0 Å². The number of nitrogens with zero attached hydrogens (tertiary/aromatic N) is 1. The highest BCUT2D eigenvalue weighted by atomic mass is 16.6. The first-order valence-electron chi connectivity index (χ1n) is 9.09. The summed E-state index contributed by atoms with van der Waals surface area (Å²) in [6.07, 6.45) is 0. The maximum atomic E-state index is 12.6. The number of carbonyl (C=O) groups is 2. The van der Waals surface area contributed by atoms with Gasteiger partial charge in [0.15, 0.2) is 0 Å². The van der Waals surface area contributed by atoms with Gasteiger partial charge in [0.25, 0.3) is 11.6 Å². The Morgan fingerprint density at radius 3 is 2.45 bits per heavy atom. The van der Waals surface area contributed by atoms with Crippen LogP contribution in [-0.2, 0) is 16.1 Å². The first kappa shape index (κ1) is 21.9. The minimum absolute atomic E-state index is 0.134. The standard InChI is InChI=1S/C21H24N2O6/c1-13(2)19(22-20(24)17-8-6-5-7-14(17)3)21(25)29-12-15-11-16(23(26)27)9-10-18(15)28-4/h5-11,13,19H,12H2,1-4H3,(H,22,24)/t19-/m0/s1. The fourth-order valence-electron chi connectivity index (χ4n) is 2.77. The van der Waals surface area contributed by atoms with Crippen LogP contribution >= 0.6 is 0 Å². The van der Waals surface area contributed by atoms with E-state index in [2.05, 4.69) is 5.32 Å². The number of nitro benzene ring substituents is 1. The van der Waals surface area contributed by atoms with Crippen molar-refractivity contribution in [3.63, 3.8) is 0 Å². The van der Waals surface area contributed by atoms with E-state index in [1.807, 2.05) is 19.1 Å². The third kappa shape index (κ3) is 5.54. The number of aryl methyl sites for hydroxylation is 1. The molecule has 0 aromatic heterocycles. The van der Waals surface area contributed by atoms with Crippen molar-refractivity contribution in [2.24, 2.45) is 5.92 Å². The van der Waals surface area contributed by atoms with Crippen LogP contribution in [0.25, 0.3) is 0 Å². The number of esters is 1. The average molecular weight is 400 g/mol. The van der Waals surface area contributed by atoms with Gasteiger partial charge in [-0.3, -0.25) is 14.9 Å². The number of carbonyl (C=O) groups excluding carboxylic acids is 2. The largest absolute Gasteiger partial charge is 0.496 e. The molecular weight excluding hydrogens is 376 g/mol. The highest BCUT2D eigenvalue weighted by Crippen LogP contribution is 2.25. The van der Waals surface area contributed by atoms with Crippen LogP contribution in [0.4, 0.5) is 5.69 Å². The van der Waals surface area contributed by atoms with Crippen molar-refractivity contribution in [3.8, 4) is 5.75 Å². The second kappa shape index (κ2) is 9.68. The molecule has 0 fully saturated rings. The molecular formula is C21H24N2O6. The van der Waals surface area contributed by atoms with E-state index >= 15 is 0 Å². The van der Waals surface area contributed by atoms with Crippen LogP contribution in [0.5, 0.6) is 5.75 Å². The number of nitrogens with one attached hydrogen (secondary N) is 1. The first-order valence-corrected chi connectivity index (χ1v) is 9.09. The fourth-order valence-corrected chi connectivity index (χ4v) is 2.77. The van der Waals surface area contributed by atoms with Crippen molar-refractivity contribution in [2.75, 3.05) is 7.11 Å². The molecule has 0 aliphatic rings. The zero-order chi connectivity index (χ0) is 21.6. The van der Waals surface area contributed by atoms with Gasteiger partial charge in [0.1, 0.15) is 18.4 Å². The van der Waals surface area contributed by atoms with E-state index in [-0.39, 0.29) is 24.1 Å². The van der Waals surface area contributed by atoms with Crippen LogP contribution in [0.15, 0.2) is 42.5 Å². The van der Waals surface area contributed by atoms with E-state index in [0.29, 0.717) is 16.9 Å². The summed E-state index contributed by atoms with van der Waals surface area (Å²) in [5.41, 5.74) is 1.50. The van der Waals surface area contributed by atoms with E-state index in [4.69, 9.17) is 9.47 Å². The summed E-state index contributed by atoms with van der Waals surface area (Å²) < 4.78 is 10.5. The molecule has 0 saturated heterocycles. The van der Waals surface area contributed by atoms with Gasteiger partial charge < -0.3 is 14.8 Å². The van der Waals surface area contributed by atoms with E-state index in [9.17, 15) is 19.7 Å². The maximum Gasteiger partial charge on any atom is 0.329 e. The van der Waals surface area contributed by atoms with Crippen molar-refractivity contribution in [1.29, 1.82) is 0 Å². The number of benzene rings is 2. The second-order valence-electron chi connectivity index (χ2n) is 6.87. The van der Waals surface area contributed by atoms with Gasteiger partial charge in [-0.25, -0.2) is 4.79 Å². The van der Waals surface area contributed by atoms with E-state index < -0.39 is 16.9 Å². The monoisotopic (exact) mass is 400 g/mol. The highest BCUT2D eigenvalue weighted by molar-refractivity contribution is 5.98. The third-order valence-corrected chi connectivity index (χ3v) is 4.44. The van der Waals surface area contributed by atoms with E-state index in [1.54, 1.807) is 26.0 Å². The molecule has 1 amide bonds. The summed E-state index contributed by atoms with van der Waals surface area (Å²) in [5, 5.41) is 13.7. The lowest BCUT2D eigenvalue weighted by Crippen LogP contribution is -2.45. The normalized spacial score (nSPS) is 11.6. The summed E-state index contributed by atoms with van der Waals surface area (Å²) in [5.74, 6) is -0.849. The maximum absolute atomic E-state index is 12.6. The molecule has 0 spiro atoms. The van der Waals surface area contributed by atoms with E-state index in [0.717, 1.165) is 5.56 Å². The fraction of sp³-hybridized carbons (Fsp3) is 0.333. The Balaban J connectivity index is 2.12. The molecule has 1 N–H and O–H groups in total. The molecule has 154 valence electrons. The minimum Gasteiger partial charge on any atom is -0.496 e. The SMILES string of the molecule is COc1ccc([N+](=O)[O-])cc1COC(=O)[C@@H](NC(=O)c1ccccc1C)C(C)C. The molecule has 0 heterocycles. The molecule has 8 nitrogen and oxygen atoms in total. The van der Waals surface area contributed by atoms with Crippen molar-refractivity contribution in [3.05, 3.63) is 69.3 Å². The lowest BCUT2D eigenvalue weighted by atomic mass is 10.0. The molecule has 0 aliphatic carbocycles. The summed E-state index contributed by atoms with van der Waals surface area (Å²) in [4.78, 5) is 35.6. The van der Waals surface area contributed by atoms with Crippen LogP contribution in [0.3, 0.4) is 0 Å². The first-order chi connectivity index (χ1) is 13.7. The lowest BCUT2D eigenvalue weighted by molar-refractivity contribution is -0.385. The van der Waals surface area contributed by atoms with Crippen LogP contribution in [0.2, 0.25) is 0 Å².